The molecule has 0 radical (unpaired) electrons. The van der Waals surface area contributed by atoms with Gasteiger partial charge in [0.2, 0.25) is 0 Å². The van der Waals surface area contributed by atoms with E-state index in [9.17, 15) is 0 Å². The summed E-state index contributed by atoms with van der Waals surface area (Å²) in [6.07, 6.45) is 3.75. The number of halogens is 1. The van der Waals surface area contributed by atoms with Crippen molar-refractivity contribution in [2.75, 3.05) is 0 Å². The summed E-state index contributed by atoms with van der Waals surface area (Å²) >= 11 is 6.01. The minimum atomic E-state index is 0.529. The lowest BCUT2D eigenvalue weighted by molar-refractivity contribution is 0.159. The Hall–Kier alpha value is -0.530. The first kappa shape index (κ1) is 13.9. The fourth-order valence-corrected chi connectivity index (χ4v) is 3.03. The highest BCUT2D eigenvalue weighted by Gasteiger charge is 2.31. The van der Waals surface area contributed by atoms with Gasteiger partial charge in [0.05, 0.1) is 0 Å². The molecule has 0 spiro atoms. The van der Waals surface area contributed by atoms with Crippen LogP contribution in [0.1, 0.15) is 39.2 Å². The third kappa shape index (κ3) is 3.73. The van der Waals surface area contributed by atoms with Crippen LogP contribution in [0.15, 0.2) is 24.3 Å². The monoisotopic (exact) mass is 265 g/mol. The van der Waals surface area contributed by atoms with Gasteiger partial charge >= 0.3 is 0 Å². The molecule has 2 rings (SSSR count). The maximum Gasteiger partial charge on any atom is 0.0408 e. The van der Waals surface area contributed by atoms with Crippen LogP contribution in [-0.4, -0.2) is 12.1 Å². The second-order valence-corrected chi connectivity index (χ2v) is 6.51. The van der Waals surface area contributed by atoms with Crippen LogP contribution in [0.4, 0.5) is 0 Å². The predicted molar refractivity (Wildman–Crippen MR) is 79.1 cm³/mol. The Balaban J connectivity index is 1.75. The molecule has 2 heteroatoms. The molecular weight excluding hydrogens is 242 g/mol. The van der Waals surface area contributed by atoms with Gasteiger partial charge in [0.25, 0.3) is 0 Å². The lowest BCUT2D eigenvalue weighted by atomic mass is 9.73. The standard InChI is InChI=1S/C16H24ClN/c1-11(2)14-9-16(10-14)18-12(3)7-13-5-4-6-15(17)8-13/h4-6,8,11-12,14,16,18H,7,9-10H2,1-3H3. The Morgan fingerprint density at radius 2 is 2.00 bits per heavy atom. The number of benzene rings is 1. The Kier molecular flexibility index (Phi) is 4.69. The summed E-state index contributed by atoms with van der Waals surface area (Å²) in [5.74, 6) is 1.77. The van der Waals surface area contributed by atoms with Gasteiger partial charge in [-0.3, -0.25) is 0 Å². The molecule has 0 heterocycles. The van der Waals surface area contributed by atoms with Crippen molar-refractivity contribution in [1.82, 2.24) is 5.32 Å². The molecule has 1 aromatic rings. The van der Waals surface area contributed by atoms with Gasteiger partial charge in [-0.1, -0.05) is 37.6 Å². The van der Waals surface area contributed by atoms with Crippen LogP contribution in [0.2, 0.25) is 5.02 Å². The van der Waals surface area contributed by atoms with Gasteiger partial charge in [-0.15, -0.1) is 0 Å². The third-order valence-electron chi connectivity index (χ3n) is 4.07. The van der Waals surface area contributed by atoms with Crippen molar-refractivity contribution in [2.24, 2.45) is 11.8 Å². The van der Waals surface area contributed by atoms with Gasteiger partial charge in [-0.05, 0) is 55.7 Å². The summed E-state index contributed by atoms with van der Waals surface area (Å²) < 4.78 is 0. The molecule has 1 saturated carbocycles. The highest BCUT2D eigenvalue weighted by Crippen LogP contribution is 2.33. The SMILES string of the molecule is CC(Cc1cccc(Cl)c1)NC1CC(C(C)C)C1. The van der Waals surface area contributed by atoms with Crippen LogP contribution < -0.4 is 5.32 Å². The minimum Gasteiger partial charge on any atom is -0.311 e. The van der Waals surface area contributed by atoms with E-state index in [1.54, 1.807) is 0 Å². The lowest BCUT2D eigenvalue weighted by Gasteiger charge is -2.40. The van der Waals surface area contributed by atoms with Crippen LogP contribution in [-0.2, 0) is 6.42 Å². The van der Waals surface area contributed by atoms with Gasteiger partial charge in [-0.2, -0.15) is 0 Å². The van der Waals surface area contributed by atoms with Gasteiger partial charge in [0.1, 0.15) is 0 Å². The van der Waals surface area contributed by atoms with Crippen molar-refractivity contribution >= 4 is 11.6 Å². The highest BCUT2D eigenvalue weighted by atomic mass is 35.5. The second kappa shape index (κ2) is 6.08. The molecule has 1 atom stereocenters. The van der Waals surface area contributed by atoms with Gasteiger partial charge in [0, 0.05) is 17.1 Å². The first-order chi connectivity index (χ1) is 8.54. The fourth-order valence-electron chi connectivity index (χ4n) is 2.82. The first-order valence-corrected chi connectivity index (χ1v) is 7.43. The molecule has 18 heavy (non-hydrogen) atoms. The normalized spacial score (nSPS) is 24.9. The van der Waals surface area contributed by atoms with Crippen LogP contribution in [0, 0.1) is 11.8 Å². The smallest absolute Gasteiger partial charge is 0.0408 e. The molecule has 1 N–H and O–H groups in total. The molecule has 100 valence electrons. The van der Waals surface area contributed by atoms with E-state index in [1.165, 1.54) is 18.4 Å². The molecule has 1 unspecified atom stereocenters. The summed E-state index contributed by atoms with van der Waals surface area (Å²) in [5, 5.41) is 4.56. The first-order valence-electron chi connectivity index (χ1n) is 7.05. The van der Waals surface area contributed by atoms with Crippen molar-refractivity contribution in [3.8, 4) is 0 Å². The molecule has 0 saturated heterocycles. The summed E-state index contributed by atoms with van der Waals surface area (Å²) in [6, 6.07) is 9.44. The highest BCUT2D eigenvalue weighted by molar-refractivity contribution is 6.30. The molecule has 1 fully saturated rings. The predicted octanol–water partition coefficient (Wildman–Crippen LogP) is 4.30. The van der Waals surface area contributed by atoms with Gasteiger partial charge in [-0.25, -0.2) is 0 Å². The molecule has 0 aromatic heterocycles. The zero-order chi connectivity index (χ0) is 13.1. The zero-order valence-corrected chi connectivity index (χ0v) is 12.4. The molecule has 0 amide bonds. The average molecular weight is 266 g/mol. The Morgan fingerprint density at radius 3 is 2.61 bits per heavy atom. The second-order valence-electron chi connectivity index (χ2n) is 6.07. The molecule has 0 aliphatic heterocycles. The number of hydrogen-bond donors (Lipinski definition) is 1. The largest absolute Gasteiger partial charge is 0.311 e. The topological polar surface area (TPSA) is 12.0 Å². The molecule has 1 nitrogen and oxygen atoms in total. The molecular formula is C16H24ClN. The summed E-state index contributed by atoms with van der Waals surface area (Å²) in [6.45, 7) is 6.93. The number of hydrogen-bond acceptors (Lipinski definition) is 1. The summed E-state index contributed by atoms with van der Waals surface area (Å²) in [4.78, 5) is 0. The summed E-state index contributed by atoms with van der Waals surface area (Å²) in [7, 11) is 0. The van der Waals surface area contributed by atoms with E-state index in [1.807, 2.05) is 12.1 Å². The Morgan fingerprint density at radius 1 is 1.28 bits per heavy atom. The van der Waals surface area contributed by atoms with Gasteiger partial charge < -0.3 is 5.32 Å². The van der Waals surface area contributed by atoms with E-state index in [2.05, 4.69) is 38.2 Å². The van der Waals surface area contributed by atoms with E-state index in [4.69, 9.17) is 11.6 Å². The maximum absolute atomic E-state index is 6.01. The van der Waals surface area contributed by atoms with Crippen LogP contribution in [0.5, 0.6) is 0 Å². The quantitative estimate of drug-likeness (QED) is 0.837. The van der Waals surface area contributed by atoms with Crippen LogP contribution in [0.3, 0.4) is 0 Å². The maximum atomic E-state index is 6.01. The third-order valence-corrected chi connectivity index (χ3v) is 4.30. The molecule has 1 aliphatic rings. The Labute approximate surface area is 116 Å². The number of rotatable bonds is 5. The molecule has 0 bridgehead atoms. The number of nitrogens with one attached hydrogen (secondary N) is 1. The van der Waals surface area contributed by atoms with Crippen LogP contribution >= 0.6 is 11.6 Å². The van der Waals surface area contributed by atoms with Crippen molar-refractivity contribution in [2.45, 2.75) is 52.1 Å². The van der Waals surface area contributed by atoms with E-state index < -0.39 is 0 Å². The molecule has 1 aliphatic carbocycles. The Bertz CT molecular complexity index is 382. The van der Waals surface area contributed by atoms with E-state index >= 15 is 0 Å². The van der Waals surface area contributed by atoms with Crippen LogP contribution in [0.25, 0.3) is 0 Å². The van der Waals surface area contributed by atoms with Crippen molar-refractivity contribution < 1.29 is 0 Å². The van der Waals surface area contributed by atoms with E-state index in [-0.39, 0.29) is 0 Å². The van der Waals surface area contributed by atoms with Crippen molar-refractivity contribution in [3.05, 3.63) is 34.9 Å². The molecule has 1 aromatic carbocycles. The zero-order valence-electron chi connectivity index (χ0n) is 11.6. The van der Waals surface area contributed by atoms with E-state index in [0.717, 1.165) is 29.3 Å². The average Bonchev–Trinajstić information content (AvgIpc) is 2.22. The fraction of sp³-hybridized carbons (Fsp3) is 0.625. The van der Waals surface area contributed by atoms with Gasteiger partial charge in [0.15, 0.2) is 0 Å². The van der Waals surface area contributed by atoms with Crippen molar-refractivity contribution in [3.63, 3.8) is 0 Å². The van der Waals surface area contributed by atoms with E-state index in [0.29, 0.717) is 6.04 Å². The van der Waals surface area contributed by atoms with Crippen molar-refractivity contribution in [1.29, 1.82) is 0 Å². The minimum absolute atomic E-state index is 0.529. The summed E-state index contributed by atoms with van der Waals surface area (Å²) in [5.41, 5.74) is 1.32. The lowest BCUT2D eigenvalue weighted by Crippen LogP contribution is -2.47.